The van der Waals surface area contributed by atoms with Crippen molar-refractivity contribution in [1.29, 1.82) is 0 Å². The third kappa shape index (κ3) is 3.09. The highest BCUT2D eigenvalue weighted by Gasteiger charge is 2.48. The van der Waals surface area contributed by atoms with Crippen LogP contribution in [0.15, 0.2) is 12.7 Å². The van der Waals surface area contributed by atoms with Gasteiger partial charge < -0.3 is 15.1 Å². The maximum atomic E-state index is 12.6. The Labute approximate surface area is 122 Å². The summed E-state index contributed by atoms with van der Waals surface area (Å²) < 4.78 is 0. The molecule has 2 atom stereocenters. The molecule has 0 aromatic heterocycles. The van der Waals surface area contributed by atoms with Crippen LogP contribution in [-0.4, -0.2) is 68.9 Å². The summed E-state index contributed by atoms with van der Waals surface area (Å²) in [6.07, 6.45) is 3.68. The topological polar surface area (TPSA) is 81.1 Å². The molecule has 2 N–H and O–H groups in total. The van der Waals surface area contributed by atoms with Crippen molar-refractivity contribution in [3.63, 3.8) is 0 Å². The molecule has 1 saturated carbocycles. The molecule has 2 fully saturated rings. The first-order chi connectivity index (χ1) is 9.60. The molecule has 0 bridgehead atoms. The largest absolute Gasteiger partial charge is 0.480 e. The predicted molar refractivity (Wildman–Crippen MR) is 76.5 cm³/mol. The molecule has 6 nitrogen and oxygen atoms in total. The first kappa shape index (κ1) is 15.2. The van der Waals surface area contributed by atoms with Crippen LogP contribution in [0.1, 0.15) is 12.8 Å². The number of nitrogens with zero attached hydrogens (tertiary/aromatic N) is 2. The van der Waals surface area contributed by atoms with Crippen LogP contribution in [0.2, 0.25) is 0 Å². The van der Waals surface area contributed by atoms with Crippen molar-refractivity contribution in [2.45, 2.75) is 24.3 Å². The lowest BCUT2D eigenvalue weighted by atomic mass is 10.2. The molecule has 1 aliphatic carbocycles. The van der Waals surface area contributed by atoms with Crippen LogP contribution < -0.4 is 0 Å². The number of rotatable bonds is 6. The summed E-state index contributed by atoms with van der Waals surface area (Å²) >= 11 is 1.55. The summed E-state index contributed by atoms with van der Waals surface area (Å²) in [5, 5.41) is 18.3. The second-order valence-electron chi connectivity index (χ2n) is 5.06. The van der Waals surface area contributed by atoms with Crippen molar-refractivity contribution in [2.75, 3.05) is 25.4 Å². The number of aliphatic carboxylic acids is 1. The number of carbonyl (C=O) groups excluding carboxylic acids is 1. The first-order valence-corrected chi connectivity index (χ1v) is 7.78. The van der Waals surface area contributed by atoms with E-state index in [1.807, 2.05) is 0 Å². The standard InChI is InChI=1S/C13H20N2O4S/c1-2-5-14(6-7-16)13(19)15-10(12(17)18)8-20-11(15)9-3-4-9/h2,9-11,16H,1,3-8H2,(H,17,18). The molecule has 0 aromatic carbocycles. The van der Waals surface area contributed by atoms with Gasteiger partial charge in [-0.25, -0.2) is 9.59 Å². The van der Waals surface area contributed by atoms with Gasteiger partial charge in [0.15, 0.2) is 0 Å². The van der Waals surface area contributed by atoms with Crippen LogP contribution >= 0.6 is 11.8 Å². The second-order valence-corrected chi connectivity index (χ2v) is 6.21. The number of hydrogen-bond donors (Lipinski definition) is 2. The van der Waals surface area contributed by atoms with Crippen LogP contribution in [0.5, 0.6) is 0 Å². The van der Waals surface area contributed by atoms with Crippen LogP contribution in [0.4, 0.5) is 4.79 Å². The van der Waals surface area contributed by atoms with Crippen LogP contribution in [0.3, 0.4) is 0 Å². The van der Waals surface area contributed by atoms with Crippen molar-refractivity contribution in [3.05, 3.63) is 12.7 Å². The van der Waals surface area contributed by atoms with E-state index >= 15 is 0 Å². The van der Waals surface area contributed by atoms with Gasteiger partial charge in [-0.3, -0.25) is 4.90 Å². The van der Waals surface area contributed by atoms with E-state index in [1.54, 1.807) is 17.8 Å². The Hall–Kier alpha value is -1.21. The van der Waals surface area contributed by atoms with Crippen molar-refractivity contribution >= 4 is 23.8 Å². The van der Waals surface area contributed by atoms with E-state index in [0.717, 1.165) is 12.8 Å². The summed E-state index contributed by atoms with van der Waals surface area (Å²) in [6, 6.07) is -1.09. The predicted octanol–water partition coefficient (Wildman–Crippen LogP) is 0.825. The number of carboxylic acids is 1. The number of hydrogen-bond acceptors (Lipinski definition) is 4. The number of aliphatic hydroxyl groups is 1. The highest BCUT2D eigenvalue weighted by molar-refractivity contribution is 8.00. The van der Waals surface area contributed by atoms with Gasteiger partial charge in [0.05, 0.1) is 12.0 Å². The average molecular weight is 300 g/mol. The van der Waals surface area contributed by atoms with Crippen LogP contribution in [-0.2, 0) is 4.79 Å². The maximum Gasteiger partial charge on any atom is 0.327 e. The third-order valence-electron chi connectivity index (χ3n) is 3.56. The number of aliphatic hydroxyl groups excluding tert-OH is 1. The van der Waals surface area contributed by atoms with E-state index < -0.39 is 12.0 Å². The fourth-order valence-corrected chi connectivity index (χ4v) is 4.03. The number of amides is 2. The molecule has 1 aliphatic heterocycles. The summed E-state index contributed by atoms with van der Waals surface area (Å²) in [4.78, 5) is 26.9. The lowest BCUT2D eigenvalue weighted by molar-refractivity contribution is -0.141. The van der Waals surface area contributed by atoms with Gasteiger partial charge in [0.25, 0.3) is 0 Å². The van der Waals surface area contributed by atoms with Gasteiger partial charge in [-0.1, -0.05) is 6.08 Å². The van der Waals surface area contributed by atoms with Gasteiger partial charge in [0, 0.05) is 18.8 Å². The maximum absolute atomic E-state index is 12.6. The average Bonchev–Trinajstić information content (AvgIpc) is 3.16. The molecule has 112 valence electrons. The summed E-state index contributed by atoms with van der Waals surface area (Å²) in [5.41, 5.74) is 0. The minimum absolute atomic E-state index is 0.0467. The molecular formula is C13H20N2O4S. The Morgan fingerprint density at radius 3 is 2.65 bits per heavy atom. The number of carboxylic acid groups (broad SMARTS) is 1. The molecule has 0 radical (unpaired) electrons. The summed E-state index contributed by atoms with van der Waals surface area (Å²) in [7, 11) is 0. The normalized spacial score (nSPS) is 25.6. The minimum Gasteiger partial charge on any atom is -0.480 e. The number of urea groups is 1. The summed E-state index contributed by atoms with van der Waals surface area (Å²) in [5.74, 6) is -0.118. The van der Waals surface area contributed by atoms with Crippen molar-refractivity contribution < 1.29 is 19.8 Å². The van der Waals surface area contributed by atoms with E-state index in [2.05, 4.69) is 6.58 Å². The van der Waals surface area contributed by atoms with Crippen molar-refractivity contribution in [1.82, 2.24) is 9.80 Å². The van der Waals surface area contributed by atoms with E-state index in [9.17, 15) is 14.7 Å². The molecule has 2 amide bonds. The second kappa shape index (κ2) is 6.49. The molecule has 0 spiro atoms. The van der Waals surface area contributed by atoms with E-state index in [0.29, 0.717) is 18.2 Å². The molecule has 1 heterocycles. The Bertz CT molecular complexity index is 400. The SMILES string of the molecule is C=CCN(CCO)C(=O)N1C(C(=O)O)CSC1C1CC1. The molecular weight excluding hydrogens is 280 g/mol. The molecule has 2 aliphatic rings. The fraction of sp³-hybridized carbons (Fsp3) is 0.692. The molecule has 0 aromatic rings. The molecule has 1 saturated heterocycles. The van der Waals surface area contributed by atoms with Gasteiger partial charge in [-0.2, -0.15) is 0 Å². The fourth-order valence-electron chi connectivity index (χ4n) is 2.41. The highest BCUT2D eigenvalue weighted by atomic mass is 32.2. The highest BCUT2D eigenvalue weighted by Crippen LogP contribution is 2.45. The molecule has 2 unspecified atom stereocenters. The van der Waals surface area contributed by atoms with Crippen LogP contribution in [0, 0.1) is 5.92 Å². The number of carbonyl (C=O) groups is 2. The van der Waals surface area contributed by atoms with E-state index in [-0.39, 0.29) is 24.6 Å². The van der Waals surface area contributed by atoms with Crippen molar-refractivity contribution in [3.8, 4) is 0 Å². The van der Waals surface area contributed by atoms with Crippen LogP contribution in [0.25, 0.3) is 0 Å². The number of thioether (sulfide) groups is 1. The van der Waals surface area contributed by atoms with Gasteiger partial charge in [-0.15, -0.1) is 18.3 Å². The third-order valence-corrected chi connectivity index (χ3v) is 5.02. The van der Waals surface area contributed by atoms with Gasteiger partial charge in [0.2, 0.25) is 0 Å². The lowest BCUT2D eigenvalue weighted by Gasteiger charge is -2.32. The van der Waals surface area contributed by atoms with Gasteiger partial charge in [-0.05, 0) is 18.8 Å². The Morgan fingerprint density at radius 1 is 1.45 bits per heavy atom. The van der Waals surface area contributed by atoms with E-state index in [4.69, 9.17) is 5.11 Å². The quantitative estimate of drug-likeness (QED) is 0.710. The smallest absolute Gasteiger partial charge is 0.327 e. The van der Waals surface area contributed by atoms with Gasteiger partial charge >= 0.3 is 12.0 Å². The Kier molecular flexibility index (Phi) is 4.93. The van der Waals surface area contributed by atoms with E-state index in [1.165, 1.54) is 9.80 Å². The zero-order chi connectivity index (χ0) is 14.7. The molecule has 7 heteroatoms. The molecule has 20 heavy (non-hydrogen) atoms. The van der Waals surface area contributed by atoms with Crippen molar-refractivity contribution in [2.24, 2.45) is 5.92 Å². The zero-order valence-corrected chi connectivity index (χ0v) is 12.1. The first-order valence-electron chi connectivity index (χ1n) is 6.73. The molecule has 2 rings (SSSR count). The zero-order valence-electron chi connectivity index (χ0n) is 11.3. The monoisotopic (exact) mass is 300 g/mol. The lowest BCUT2D eigenvalue weighted by Crippen LogP contribution is -2.52. The minimum atomic E-state index is -0.962. The summed E-state index contributed by atoms with van der Waals surface area (Å²) in [6.45, 7) is 3.95. The van der Waals surface area contributed by atoms with Gasteiger partial charge in [0.1, 0.15) is 6.04 Å². The Morgan fingerprint density at radius 2 is 2.15 bits per heavy atom. The Balaban J connectivity index is 2.16.